The van der Waals surface area contributed by atoms with Gasteiger partial charge in [-0.15, -0.1) is 0 Å². The minimum absolute atomic E-state index is 0.557. The van der Waals surface area contributed by atoms with Gasteiger partial charge in [0, 0.05) is 24.3 Å². The van der Waals surface area contributed by atoms with Crippen LogP contribution in [0.5, 0.6) is 5.75 Å². The van der Waals surface area contributed by atoms with Crippen molar-refractivity contribution in [1.82, 2.24) is 4.90 Å². The molecule has 0 spiro atoms. The molecule has 1 heterocycles. The average Bonchev–Trinajstić information content (AvgIpc) is 2.61. The topological polar surface area (TPSA) is 24.5 Å². The van der Waals surface area contributed by atoms with Gasteiger partial charge in [-0.3, -0.25) is 0 Å². The summed E-state index contributed by atoms with van der Waals surface area (Å²) in [6, 6.07) is 7.42. The van der Waals surface area contributed by atoms with E-state index in [-0.39, 0.29) is 0 Å². The van der Waals surface area contributed by atoms with E-state index in [1.54, 1.807) is 7.11 Å². The number of nitrogens with one attached hydrogen (secondary N) is 1. The number of nitrogens with zero attached hydrogens (tertiary/aromatic N) is 1. The molecule has 0 amide bonds. The molecule has 1 aliphatic heterocycles. The molecule has 0 bridgehead atoms. The lowest BCUT2D eigenvalue weighted by atomic mass is 10.1. The molecule has 0 radical (unpaired) electrons. The third-order valence-electron chi connectivity index (χ3n) is 3.68. The Morgan fingerprint density at radius 2 is 2.18 bits per heavy atom. The van der Waals surface area contributed by atoms with Crippen LogP contribution in [-0.4, -0.2) is 37.7 Å². The number of aryl methyl sites for hydroxylation is 1. The van der Waals surface area contributed by atoms with Gasteiger partial charge < -0.3 is 15.0 Å². The zero-order chi connectivity index (χ0) is 12.4. The largest absolute Gasteiger partial charge is 0.497 e. The van der Waals surface area contributed by atoms with Gasteiger partial charge in [-0.2, -0.15) is 0 Å². The molecule has 1 saturated heterocycles. The first kappa shape index (κ1) is 12.2. The minimum Gasteiger partial charge on any atom is -0.497 e. The van der Waals surface area contributed by atoms with E-state index < -0.39 is 0 Å². The molecule has 3 heteroatoms. The van der Waals surface area contributed by atoms with E-state index in [1.165, 1.54) is 17.7 Å². The summed E-state index contributed by atoms with van der Waals surface area (Å²) >= 11 is 0. The van der Waals surface area contributed by atoms with Crippen LogP contribution in [0.1, 0.15) is 18.9 Å². The molecule has 2 atom stereocenters. The van der Waals surface area contributed by atoms with Crippen molar-refractivity contribution in [3.05, 3.63) is 23.8 Å². The lowest BCUT2D eigenvalue weighted by molar-refractivity contribution is 0.330. The predicted molar refractivity (Wildman–Crippen MR) is 71.9 cm³/mol. The van der Waals surface area contributed by atoms with Crippen molar-refractivity contribution < 1.29 is 4.74 Å². The number of hydrogen-bond acceptors (Lipinski definition) is 3. The molecular formula is C14H22N2O. The highest BCUT2D eigenvalue weighted by atomic mass is 16.5. The first-order chi connectivity index (χ1) is 8.10. The lowest BCUT2D eigenvalue weighted by Crippen LogP contribution is -2.25. The molecule has 0 saturated carbocycles. The van der Waals surface area contributed by atoms with E-state index >= 15 is 0 Å². The second kappa shape index (κ2) is 4.96. The molecule has 1 aromatic rings. The molecule has 0 aromatic heterocycles. The number of likely N-dealkylation sites (N-methyl/N-ethyl adjacent to an activating group) is 1. The Balaban J connectivity index is 2.04. The van der Waals surface area contributed by atoms with E-state index in [0.29, 0.717) is 12.1 Å². The van der Waals surface area contributed by atoms with Crippen LogP contribution in [0.25, 0.3) is 0 Å². The highest BCUT2D eigenvalue weighted by Gasteiger charge is 2.25. The Hall–Kier alpha value is -1.22. The van der Waals surface area contributed by atoms with Crippen LogP contribution >= 0.6 is 0 Å². The van der Waals surface area contributed by atoms with Crippen LogP contribution in [0, 0.1) is 6.92 Å². The number of methoxy groups -OCH3 is 1. The molecule has 0 aliphatic carbocycles. The highest BCUT2D eigenvalue weighted by molar-refractivity contribution is 5.54. The van der Waals surface area contributed by atoms with Crippen LogP contribution < -0.4 is 10.1 Å². The van der Waals surface area contributed by atoms with Gasteiger partial charge in [0.15, 0.2) is 0 Å². The maximum absolute atomic E-state index is 5.22. The summed E-state index contributed by atoms with van der Waals surface area (Å²) in [5.74, 6) is 0.921. The Labute approximate surface area is 104 Å². The summed E-state index contributed by atoms with van der Waals surface area (Å²) in [7, 11) is 3.89. The molecule has 1 N–H and O–H groups in total. The number of ether oxygens (including phenoxy) is 1. The number of hydrogen-bond donors (Lipinski definition) is 1. The van der Waals surface area contributed by atoms with E-state index in [9.17, 15) is 0 Å². The summed E-state index contributed by atoms with van der Waals surface area (Å²) < 4.78 is 5.22. The second-order valence-electron chi connectivity index (χ2n) is 5.05. The quantitative estimate of drug-likeness (QED) is 0.869. The Bertz CT molecular complexity index is 382. The number of likely N-dealkylation sites (tertiary alicyclic amines) is 1. The van der Waals surface area contributed by atoms with E-state index in [2.05, 4.69) is 43.2 Å². The molecule has 1 aliphatic rings. The summed E-state index contributed by atoms with van der Waals surface area (Å²) in [6.45, 7) is 5.52. The molecule has 1 fully saturated rings. The monoisotopic (exact) mass is 234 g/mol. The van der Waals surface area contributed by atoms with Crippen LogP contribution in [0.15, 0.2) is 18.2 Å². The Morgan fingerprint density at radius 1 is 1.41 bits per heavy atom. The van der Waals surface area contributed by atoms with Gasteiger partial charge >= 0.3 is 0 Å². The van der Waals surface area contributed by atoms with Crippen molar-refractivity contribution in [2.24, 2.45) is 0 Å². The lowest BCUT2D eigenvalue weighted by Gasteiger charge is -2.16. The fourth-order valence-corrected chi connectivity index (χ4v) is 2.44. The van der Waals surface area contributed by atoms with Crippen LogP contribution in [0.4, 0.5) is 5.69 Å². The Kier molecular flexibility index (Phi) is 3.57. The molecule has 2 rings (SSSR count). The van der Waals surface area contributed by atoms with Crippen molar-refractivity contribution in [2.75, 3.05) is 26.0 Å². The number of anilines is 1. The van der Waals surface area contributed by atoms with Gasteiger partial charge in [-0.05, 0) is 51.1 Å². The van der Waals surface area contributed by atoms with Gasteiger partial charge in [0.1, 0.15) is 5.75 Å². The molecular weight excluding hydrogens is 212 g/mol. The second-order valence-corrected chi connectivity index (χ2v) is 5.05. The molecule has 94 valence electrons. The van der Waals surface area contributed by atoms with E-state index in [4.69, 9.17) is 4.74 Å². The van der Waals surface area contributed by atoms with E-state index in [1.807, 2.05) is 6.07 Å². The minimum atomic E-state index is 0.557. The maximum atomic E-state index is 5.22. The first-order valence-electron chi connectivity index (χ1n) is 6.21. The normalized spacial score (nSPS) is 24.9. The third-order valence-corrected chi connectivity index (χ3v) is 3.68. The van der Waals surface area contributed by atoms with Gasteiger partial charge in [0.05, 0.1) is 7.11 Å². The number of rotatable bonds is 3. The fourth-order valence-electron chi connectivity index (χ4n) is 2.44. The Morgan fingerprint density at radius 3 is 2.71 bits per heavy atom. The summed E-state index contributed by atoms with van der Waals surface area (Å²) in [4.78, 5) is 2.40. The standard InChI is InChI=1S/C14H22N2O/c1-10-7-13(17-4)5-6-14(10)15-12-8-11(2)16(3)9-12/h5-7,11-12,15H,8-9H2,1-4H3. The molecule has 3 nitrogen and oxygen atoms in total. The summed E-state index contributed by atoms with van der Waals surface area (Å²) in [6.07, 6.45) is 1.21. The average molecular weight is 234 g/mol. The van der Waals surface area contributed by atoms with Gasteiger partial charge in [0.25, 0.3) is 0 Å². The number of benzene rings is 1. The summed E-state index contributed by atoms with van der Waals surface area (Å²) in [5.41, 5.74) is 2.46. The first-order valence-corrected chi connectivity index (χ1v) is 6.21. The van der Waals surface area contributed by atoms with Crippen molar-refractivity contribution in [3.8, 4) is 5.75 Å². The van der Waals surface area contributed by atoms with Gasteiger partial charge in [0.2, 0.25) is 0 Å². The van der Waals surface area contributed by atoms with Crippen molar-refractivity contribution in [2.45, 2.75) is 32.4 Å². The summed E-state index contributed by atoms with van der Waals surface area (Å²) in [5, 5.41) is 3.62. The highest BCUT2D eigenvalue weighted by Crippen LogP contribution is 2.24. The fraction of sp³-hybridized carbons (Fsp3) is 0.571. The van der Waals surface area contributed by atoms with Crippen molar-refractivity contribution in [1.29, 1.82) is 0 Å². The maximum Gasteiger partial charge on any atom is 0.119 e. The van der Waals surface area contributed by atoms with Crippen LogP contribution in [0.3, 0.4) is 0 Å². The zero-order valence-electron chi connectivity index (χ0n) is 11.2. The van der Waals surface area contributed by atoms with Crippen LogP contribution in [-0.2, 0) is 0 Å². The zero-order valence-corrected chi connectivity index (χ0v) is 11.2. The predicted octanol–water partition coefficient (Wildman–Crippen LogP) is 2.51. The molecule has 1 aromatic carbocycles. The van der Waals surface area contributed by atoms with Crippen LogP contribution in [0.2, 0.25) is 0 Å². The molecule has 2 unspecified atom stereocenters. The van der Waals surface area contributed by atoms with Crippen molar-refractivity contribution >= 4 is 5.69 Å². The smallest absolute Gasteiger partial charge is 0.119 e. The molecule has 17 heavy (non-hydrogen) atoms. The third kappa shape index (κ3) is 2.72. The van der Waals surface area contributed by atoms with Crippen molar-refractivity contribution in [3.63, 3.8) is 0 Å². The van der Waals surface area contributed by atoms with Gasteiger partial charge in [-0.1, -0.05) is 0 Å². The van der Waals surface area contributed by atoms with E-state index in [0.717, 1.165) is 12.3 Å². The SMILES string of the molecule is COc1ccc(NC2CC(C)N(C)C2)c(C)c1. The van der Waals surface area contributed by atoms with Gasteiger partial charge in [-0.25, -0.2) is 0 Å².